The number of nitrogens with zero attached hydrogens (tertiary/aromatic N) is 2. The van der Waals surface area contributed by atoms with Crippen LogP contribution < -0.4 is 5.43 Å². The van der Waals surface area contributed by atoms with Gasteiger partial charge >= 0.3 is 0 Å². The number of carbonyl (C=O) groups is 1. The molecule has 4 heteroatoms. The van der Waals surface area contributed by atoms with E-state index < -0.39 is 0 Å². The Bertz CT molecular complexity index is 538. The van der Waals surface area contributed by atoms with Gasteiger partial charge in [-0.15, -0.1) is 0 Å². The lowest BCUT2D eigenvalue weighted by molar-refractivity contribution is -0.127. The van der Waals surface area contributed by atoms with Gasteiger partial charge in [-0.1, -0.05) is 57.3 Å². The fourth-order valence-electron chi connectivity index (χ4n) is 4.15. The topological polar surface area (TPSA) is 44.7 Å². The summed E-state index contributed by atoms with van der Waals surface area (Å²) in [6.45, 7) is 10.5. The highest BCUT2D eigenvalue weighted by Crippen LogP contribution is 2.27. The van der Waals surface area contributed by atoms with Gasteiger partial charge in [0.05, 0.1) is 12.3 Å². The van der Waals surface area contributed by atoms with Gasteiger partial charge in [0.2, 0.25) is 0 Å². The van der Waals surface area contributed by atoms with Crippen molar-refractivity contribution in [3.63, 3.8) is 0 Å². The predicted molar refractivity (Wildman–Crippen MR) is 115 cm³/mol. The van der Waals surface area contributed by atoms with E-state index in [1.165, 1.54) is 49.7 Å². The van der Waals surface area contributed by atoms with E-state index in [0.29, 0.717) is 5.92 Å². The van der Waals surface area contributed by atoms with Gasteiger partial charge in [-0.25, -0.2) is 5.43 Å². The zero-order chi connectivity index (χ0) is 19.5. The summed E-state index contributed by atoms with van der Waals surface area (Å²) < 4.78 is 0. The van der Waals surface area contributed by atoms with E-state index in [9.17, 15) is 4.79 Å². The van der Waals surface area contributed by atoms with Gasteiger partial charge in [0.25, 0.3) is 5.91 Å². The molecule has 2 aliphatic rings. The highest BCUT2D eigenvalue weighted by atomic mass is 16.2. The molecule has 0 saturated carbocycles. The number of rotatable bonds is 10. The maximum atomic E-state index is 12.6. The minimum absolute atomic E-state index is 0.00444. The summed E-state index contributed by atoms with van der Waals surface area (Å²) in [5, 5.41) is 4.25. The molecule has 0 aromatic heterocycles. The highest BCUT2D eigenvalue weighted by Gasteiger charge is 2.28. The second kappa shape index (κ2) is 12.1. The summed E-state index contributed by atoms with van der Waals surface area (Å²) in [6.07, 6.45) is 17.0. The summed E-state index contributed by atoms with van der Waals surface area (Å²) in [6, 6.07) is -0.00444. The second-order valence-electron chi connectivity index (χ2n) is 8.29. The third-order valence-electron chi connectivity index (χ3n) is 6.01. The van der Waals surface area contributed by atoms with Crippen LogP contribution in [0.15, 0.2) is 28.9 Å². The molecule has 1 amide bonds. The molecule has 2 atom stereocenters. The van der Waals surface area contributed by atoms with Gasteiger partial charge < -0.3 is 0 Å². The summed E-state index contributed by atoms with van der Waals surface area (Å²) in [5.74, 6) is 0.667. The van der Waals surface area contributed by atoms with Crippen molar-refractivity contribution in [2.45, 2.75) is 90.5 Å². The van der Waals surface area contributed by atoms with E-state index in [4.69, 9.17) is 0 Å². The number of hydrazone groups is 1. The first-order valence-corrected chi connectivity index (χ1v) is 11.0. The molecule has 0 radical (unpaired) electrons. The molecule has 1 N–H and O–H groups in total. The third kappa shape index (κ3) is 7.61. The van der Waals surface area contributed by atoms with Crippen LogP contribution in [0.4, 0.5) is 0 Å². The molecule has 1 fully saturated rings. The second-order valence-corrected chi connectivity index (χ2v) is 8.29. The van der Waals surface area contributed by atoms with Gasteiger partial charge in [0.1, 0.15) is 0 Å². The first-order chi connectivity index (χ1) is 13.1. The van der Waals surface area contributed by atoms with Crippen LogP contribution in [0, 0.1) is 5.92 Å². The SMILES string of the molecule is C=C(C)[C@@H]1CC=C(/C=N/NC(=O)C2CCCCN2CCCCCCC)CC1. The summed E-state index contributed by atoms with van der Waals surface area (Å²) in [7, 11) is 0. The van der Waals surface area contributed by atoms with Crippen molar-refractivity contribution >= 4 is 12.1 Å². The number of allylic oxidation sites excluding steroid dienone is 3. The van der Waals surface area contributed by atoms with Crippen molar-refractivity contribution in [2.75, 3.05) is 13.1 Å². The number of likely N-dealkylation sites (tertiary alicyclic amines) is 1. The zero-order valence-electron chi connectivity index (χ0n) is 17.5. The van der Waals surface area contributed by atoms with Crippen LogP contribution in [0.25, 0.3) is 0 Å². The van der Waals surface area contributed by atoms with E-state index in [0.717, 1.165) is 45.2 Å². The number of hydrogen-bond acceptors (Lipinski definition) is 3. The Labute approximate surface area is 166 Å². The quantitative estimate of drug-likeness (QED) is 0.247. The molecule has 152 valence electrons. The van der Waals surface area contributed by atoms with Crippen LogP contribution >= 0.6 is 0 Å². The van der Waals surface area contributed by atoms with E-state index in [1.807, 2.05) is 6.21 Å². The Morgan fingerprint density at radius 3 is 2.81 bits per heavy atom. The molecule has 4 nitrogen and oxygen atoms in total. The first-order valence-electron chi connectivity index (χ1n) is 11.0. The fraction of sp³-hybridized carbons (Fsp3) is 0.739. The smallest absolute Gasteiger partial charge is 0.257 e. The first kappa shape index (κ1) is 21.9. The Morgan fingerprint density at radius 2 is 2.11 bits per heavy atom. The molecule has 0 aromatic carbocycles. The lowest BCUT2D eigenvalue weighted by atomic mass is 9.86. The zero-order valence-corrected chi connectivity index (χ0v) is 17.5. The number of nitrogens with one attached hydrogen (secondary N) is 1. The van der Waals surface area contributed by atoms with Crippen LogP contribution in [0.5, 0.6) is 0 Å². The monoisotopic (exact) mass is 373 g/mol. The molecule has 1 aliphatic carbocycles. The van der Waals surface area contributed by atoms with Gasteiger partial charge in [-0.05, 0) is 70.0 Å². The maximum absolute atomic E-state index is 12.6. The average molecular weight is 374 g/mol. The highest BCUT2D eigenvalue weighted by molar-refractivity contribution is 5.84. The van der Waals surface area contributed by atoms with Crippen molar-refractivity contribution in [3.8, 4) is 0 Å². The molecular formula is C23H39N3O. The van der Waals surface area contributed by atoms with E-state index in [1.54, 1.807) is 0 Å². The number of amides is 1. The van der Waals surface area contributed by atoms with Crippen molar-refractivity contribution in [3.05, 3.63) is 23.8 Å². The largest absolute Gasteiger partial charge is 0.292 e. The maximum Gasteiger partial charge on any atom is 0.257 e. The molecule has 1 heterocycles. The standard InChI is InChI=1S/C23H39N3O/c1-4-5-6-7-9-16-26-17-10-8-11-22(26)23(27)25-24-18-20-12-14-21(15-13-20)19(2)3/h12,18,21-22H,2,4-11,13-17H2,1,3H3,(H,25,27)/b24-18+/t21-,22?/m1/s1. The minimum atomic E-state index is -0.00444. The van der Waals surface area contributed by atoms with Gasteiger partial charge in [-0.2, -0.15) is 5.10 Å². The van der Waals surface area contributed by atoms with Gasteiger partial charge in [0, 0.05) is 0 Å². The summed E-state index contributed by atoms with van der Waals surface area (Å²) in [5.41, 5.74) is 5.30. The number of piperidine rings is 1. The average Bonchev–Trinajstić information content (AvgIpc) is 2.68. The molecule has 0 aromatic rings. The third-order valence-corrected chi connectivity index (χ3v) is 6.01. The van der Waals surface area contributed by atoms with Crippen LogP contribution in [0.1, 0.15) is 84.5 Å². The van der Waals surface area contributed by atoms with Crippen LogP contribution in [0.3, 0.4) is 0 Å². The normalized spacial score (nSPS) is 24.0. The van der Waals surface area contributed by atoms with Crippen molar-refractivity contribution < 1.29 is 4.79 Å². The number of unbranched alkanes of at least 4 members (excludes halogenated alkanes) is 4. The number of hydrogen-bond donors (Lipinski definition) is 1. The van der Waals surface area contributed by atoms with Crippen LogP contribution in [-0.4, -0.2) is 36.2 Å². The predicted octanol–water partition coefficient (Wildman–Crippen LogP) is 5.22. The van der Waals surface area contributed by atoms with Crippen molar-refractivity contribution in [2.24, 2.45) is 11.0 Å². The Morgan fingerprint density at radius 1 is 1.30 bits per heavy atom. The Hall–Kier alpha value is -1.42. The van der Waals surface area contributed by atoms with Crippen LogP contribution in [0.2, 0.25) is 0 Å². The fourth-order valence-corrected chi connectivity index (χ4v) is 4.15. The molecular weight excluding hydrogens is 334 g/mol. The van der Waals surface area contributed by atoms with Crippen molar-refractivity contribution in [1.82, 2.24) is 10.3 Å². The minimum Gasteiger partial charge on any atom is -0.292 e. The van der Waals surface area contributed by atoms with Crippen LogP contribution in [-0.2, 0) is 4.79 Å². The Kier molecular flexibility index (Phi) is 9.82. The molecule has 0 spiro atoms. The lowest BCUT2D eigenvalue weighted by Gasteiger charge is -2.34. The van der Waals surface area contributed by atoms with Crippen molar-refractivity contribution in [1.29, 1.82) is 0 Å². The molecule has 1 saturated heterocycles. The molecule has 2 rings (SSSR count). The summed E-state index contributed by atoms with van der Waals surface area (Å²) in [4.78, 5) is 15.0. The van der Waals surface area contributed by atoms with Gasteiger partial charge in [0.15, 0.2) is 0 Å². The van der Waals surface area contributed by atoms with E-state index >= 15 is 0 Å². The lowest BCUT2D eigenvalue weighted by Crippen LogP contribution is -2.48. The molecule has 1 unspecified atom stereocenters. The molecule has 27 heavy (non-hydrogen) atoms. The molecule has 1 aliphatic heterocycles. The summed E-state index contributed by atoms with van der Waals surface area (Å²) >= 11 is 0. The number of carbonyl (C=O) groups excluding carboxylic acids is 1. The van der Waals surface area contributed by atoms with E-state index in [2.05, 4.69) is 41.9 Å². The van der Waals surface area contributed by atoms with E-state index in [-0.39, 0.29) is 11.9 Å². The van der Waals surface area contributed by atoms with Gasteiger partial charge in [-0.3, -0.25) is 9.69 Å². The Balaban J connectivity index is 1.76. The molecule has 0 bridgehead atoms.